The van der Waals surface area contributed by atoms with Gasteiger partial charge in [-0.2, -0.15) is 0 Å². The maximum absolute atomic E-state index is 12.7. The van der Waals surface area contributed by atoms with E-state index in [0.717, 1.165) is 45.4 Å². The maximum atomic E-state index is 12.7. The Balaban J connectivity index is 0.00000208. The summed E-state index contributed by atoms with van der Waals surface area (Å²) in [5.74, 6) is 1.38. The second-order valence-corrected chi connectivity index (χ2v) is 6.97. The molecule has 5 heteroatoms. The molecule has 3 atom stereocenters. The first-order valence-corrected chi connectivity index (χ1v) is 8.88. The van der Waals surface area contributed by atoms with Crippen LogP contribution >= 0.6 is 12.4 Å². The van der Waals surface area contributed by atoms with Crippen LogP contribution in [0.5, 0.6) is 0 Å². The third-order valence-electron chi connectivity index (χ3n) is 5.34. The Morgan fingerprint density at radius 3 is 2.75 bits per heavy atom. The molecule has 24 heavy (non-hydrogen) atoms. The van der Waals surface area contributed by atoms with Crippen molar-refractivity contribution in [3.05, 3.63) is 35.9 Å². The lowest BCUT2D eigenvalue weighted by Gasteiger charge is -2.24. The van der Waals surface area contributed by atoms with Gasteiger partial charge in [-0.05, 0) is 37.3 Å². The molecule has 1 aromatic rings. The van der Waals surface area contributed by atoms with Gasteiger partial charge in [-0.25, -0.2) is 0 Å². The van der Waals surface area contributed by atoms with Crippen LogP contribution in [0.4, 0.5) is 0 Å². The third-order valence-corrected chi connectivity index (χ3v) is 5.34. The van der Waals surface area contributed by atoms with Gasteiger partial charge in [0.05, 0.1) is 13.2 Å². The van der Waals surface area contributed by atoms with E-state index in [4.69, 9.17) is 10.5 Å². The van der Waals surface area contributed by atoms with Crippen molar-refractivity contribution in [1.29, 1.82) is 0 Å². The molecule has 2 aliphatic rings. The number of ether oxygens (including phenoxy) is 1. The number of likely N-dealkylation sites (tertiary alicyclic amines) is 1. The Morgan fingerprint density at radius 1 is 1.21 bits per heavy atom. The maximum Gasteiger partial charge on any atom is 0.226 e. The van der Waals surface area contributed by atoms with Gasteiger partial charge in [-0.3, -0.25) is 4.79 Å². The Labute approximate surface area is 151 Å². The van der Waals surface area contributed by atoms with Crippen molar-refractivity contribution in [3.63, 3.8) is 0 Å². The molecule has 2 N–H and O–H groups in total. The van der Waals surface area contributed by atoms with E-state index in [-0.39, 0.29) is 18.3 Å². The van der Waals surface area contributed by atoms with E-state index in [1.807, 2.05) is 18.2 Å². The predicted molar refractivity (Wildman–Crippen MR) is 97.9 cm³/mol. The summed E-state index contributed by atoms with van der Waals surface area (Å²) >= 11 is 0. The van der Waals surface area contributed by atoms with Crippen LogP contribution in [0.2, 0.25) is 0 Å². The van der Waals surface area contributed by atoms with E-state index in [1.54, 1.807) is 0 Å². The third kappa shape index (κ3) is 4.71. The fourth-order valence-corrected chi connectivity index (χ4v) is 3.97. The molecule has 1 saturated heterocycles. The van der Waals surface area contributed by atoms with Crippen LogP contribution in [-0.4, -0.2) is 37.0 Å². The number of nitrogens with two attached hydrogens (primary N) is 1. The van der Waals surface area contributed by atoms with Crippen LogP contribution in [0.15, 0.2) is 30.3 Å². The van der Waals surface area contributed by atoms with Crippen LogP contribution < -0.4 is 5.73 Å². The van der Waals surface area contributed by atoms with Gasteiger partial charge in [0.15, 0.2) is 0 Å². The molecular weight excluding hydrogens is 324 g/mol. The highest BCUT2D eigenvalue weighted by Gasteiger charge is 2.37. The minimum absolute atomic E-state index is 0. The monoisotopic (exact) mass is 352 g/mol. The molecule has 1 amide bonds. The van der Waals surface area contributed by atoms with Crippen molar-refractivity contribution in [2.24, 2.45) is 23.5 Å². The minimum atomic E-state index is 0. The summed E-state index contributed by atoms with van der Waals surface area (Å²) in [6.07, 6.45) is 4.34. The summed E-state index contributed by atoms with van der Waals surface area (Å²) in [5, 5.41) is 0. The number of nitrogens with zero attached hydrogens (tertiary/aromatic N) is 1. The zero-order chi connectivity index (χ0) is 16.1. The molecule has 3 rings (SSSR count). The molecule has 2 fully saturated rings. The molecule has 4 nitrogen and oxygen atoms in total. The molecule has 0 aromatic heterocycles. The molecule has 0 bridgehead atoms. The van der Waals surface area contributed by atoms with Crippen LogP contribution in [0.1, 0.15) is 31.2 Å². The summed E-state index contributed by atoms with van der Waals surface area (Å²) in [6.45, 7) is 3.77. The molecule has 1 aliphatic heterocycles. The molecule has 0 radical (unpaired) electrons. The fourth-order valence-electron chi connectivity index (χ4n) is 3.97. The van der Waals surface area contributed by atoms with Crippen LogP contribution in [0, 0.1) is 17.8 Å². The molecule has 1 saturated carbocycles. The van der Waals surface area contributed by atoms with Crippen molar-refractivity contribution >= 4 is 18.3 Å². The number of rotatable bonds is 6. The van der Waals surface area contributed by atoms with E-state index in [2.05, 4.69) is 17.0 Å². The highest BCUT2D eigenvalue weighted by molar-refractivity contribution is 5.85. The minimum Gasteiger partial charge on any atom is -0.376 e. The van der Waals surface area contributed by atoms with Crippen LogP contribution in [-0.2, 0) is 16.1 Å². The van der Waals surface area contributed by atoms with Gasteiger partial charge in [0.1, 0.15) is 0 Å². The van der Waals surface area contributed by atoms with E-state index in [9.17, 15) is 4.79 Å². The van der Waals surface area contributed by atoms with Gasteiger partial charge < -0.3 is 15.4 Å². The van der Waals surface area contributed by atoms with Gasteiger partial charge in [-0.1, -0.05) is 36.8 Å². The summed E-state index contributed by atoms with van der Waals surface area (Å²) in [4.78, 5) is 14.7. The predicted octanol–water partition coefficient (Wildman–Crippen LogP) is 2.85. The summed E-state index contributed by atoms with van der Waals surface area (Å²) < 4.78 is 5.84. The van der Waals surface area contributed by atoms with E-state index < -0.39 is 0 Å². The van der Waals surface area contributed by atoms with Gasteiger partial charge >= 0.3 is 0 Å². The zero-order valence-electron chi connectivity index (χ0n) is 14.2. The van der Waals surface area contributed by atoms with Crippen LogP contribution in [0.3, 0.4) is 0 Å². The van der Waals surface area contributed by atoms with Gasteiger partial charge in [-0.15, -0.1) is 12.4 Å². The first-order valence-electron chi connectivity index (χ1n) is 8.88. The zero-order valence-corrected chi connectivity index (χ0v) is 15.0. The molecule has 1 aliphatic carbocycles. The summed E-state index contributed by atoms with van der Waals surface area (Å²) in [5.41, 5.74) is 7.02. The number of halogens is 1. The van der Waals surface area contributed by atoms with Gasteiger partial charge in [0.2, 0.25) is 5.91 Å². The Kier molecular flexibility index (Phi) is 7.53. The molecule has 134 valence electrons. The fraction of sp³-hybridized carbons (Fsp3) is 0.632. The highest BCUT2D eigenvalue weighted by atomic mass is 35.5. The second kappa shape index (κ2) is 9.40. The molecule has 1 aromatic carbocycles. The lowest BCUT2D eigenvalue weighted by molar-refractivity contribution is -0.135. The molecule has 0 spiro atoms. The number of hydrogen-bond acceptors (Lipinski definition) is 3. The quantitative estimate of drug-likeness (QED) is 0.856. The molecule has 1 heterocycles. The Morgan fingerprint density at radius 2 is 2.00 bits per heavy atom. The SMILES string of the molecule is Cl.NC[C@H]1CCC[C@H]1C(=O)N1CCC(COCc2ccccc2)C1. The average Bonchev–Trinajstić information content (AvgIpc) is 3.24. The smallest absolute Gasteiger partial charge is 0.226 e. The lowest BCUT2D eigenvalue weighted by atomic mass is 9.95. The first-order chi connectivity index (χ1) is 11.3. The first kappa shape index (κ1) is 19.2. The van der Waals surface area contributed by atoms with E-state index >= 15 is 0 Å². The second-order valence-electron chi connectivity index (χ2n) is 6.97. The van der Waals surface area contributed by atoms with E-state index in [0.29, 0.717) is 30.9 Å². The van der Waals surface area contributed by atoms with Gasteiger partial charge in [0.25, 0.3) is 0 Å². The number of benzene rings is 1. The lowest BCUT2D eigenvalue weighted by Crippen LogP contribution is -2.38. The van der Waals surface area contributed by atoms with Crippen molar-refractivity contribution in [1.82, 2.24) is 4.90 Å². The average molecular weight is 353 g/mol. The van der Waals surface area contributed by atoms with Crippen LogP contribution in [0.25, 0.3) is 0 Å². The Hall–Kier alpha value is -1.10. The number of carbonyl (C=O) groups is 1. The van der Waals surface area contributed by atoms with Gasteiger partial charge in [0, 0.05) is 24.9 Å². The largest absolute Gasteiger partial charge is 0.376 e. The normalized spacial score (nSPS) is 26.4. The highest BCUT2D eigenvalue weighted by Crippen LogP contribution is 2.33. The topological polar surface area (TPSA) is 55.6 Å². The van der Waals surface area contributed by atoms with Crippen molar-refractivity contribution in [2.75, 3.05) is 26.2 Å². The molecule has 1 unspecified atom stereocenters. The number of amides is 1. The standard InChI is InChI=1S/C19H28N2O2.ClH/c20-11-17-7-4-8-18(17)19(22)21-10-9-16(12-21)14-23-13-15-5-2-1-3-6-15;/h1-3,5-6,16-18H,4,7-14,20H2;1H/t16?,17-,18-;/m1./s1. The Bertz CT molecular complexity index is 511. The van der Waals surface area contributed by atoms with Crippen molar-refractivity contribution < 1.29 is 9.53 Å². The molecular formula is C19H29ClN2O2. The van der Waals surface area contributed by atoms with Crippen molar-refractivity contribution in [2.45, 2.75) is 32.3 Å². The van der Waals surface area contributed by atoms with E-state index in [1.165, 1.54) is 5.56 Å². The summed E-state index contributed by atoms with van der Waals surface area (Å²) in [7, 11) is 0. The van der Waals surface area contributed by atoms with Crippen molar-refractivity contribution in [3.8, 4) is 0 Å². The summed E-state index contributed by atoms with van der Waals surface area (Å²) in [6, 6.07) is 10.2. The number of carbonyl (C=O) groups excluding carboxylic acids is 1. The number of hydrogen-bond donors (Lipinski definition) is 1.